The maximum Gasteiger partial charge on any atom is 0.133 e. The molecular weight excluding hydrogens is 316 g/mol. The first-order valence-corrected chi connectivity index (χ1v) is 9.62. The Labute approximate surface area is 150 Å². The Hall–Kier alpha value is -0.860. The molecule has 0 aliphatic heterocycles. The fourth-order valence-corrected chi connectivity index (χ4v) is 6.95. The first kappa shape index (κ1) is 17.5. The van der Waals surface area contributed by atoms with Gasteiger partial charge in [0.1, 0.15) is 5.60 Å². The molecule has 0 radical (unpaired) electrons. The summed E-state index contributed by atoms with van der Waals surface area (Å²) < 4.78 is 0. The van der Waals surface area contributed by atoms with E-state index in [1.165, 1.54) is 5.57 Å². The Morgan fingerprint density at radius 2 is 1.88 bits per heavy atom. The lowest BCUT2D eigenvalue weighted by Gasteiger charge is -2.59. The average Bonchev–Trinajstić information content (AvgIpc) is 2.76. The number of terminal acetylenes is 1. The standard InChI is InChI=1S/C21H30O4/c1-4-21(25)11-16(24)18-17-14(6-8-20(18,21)3)19(2)7-5-13(22)9-12(19)10-15(17)23/h1,10,13-18,22-25H,5-9,11H2,2-3H3/t13-,14?,15+,16-,17?,18?,19-,20-,21-/m0/s1. The third kappa shape index (κ3) is 2.10. The van der Waals surface area contributed by atoms with Crippen molar-refractivity contribution in [1.82, 2.24) is 0 Å². The molecule has 0 bridgehead atoms. The molecule has 3 saturated carbocycles. The second-order valence-electron chi connectivity index (χ2n) is 9.44. The topological polar surface area (TPSA) is 80.9 Å². The summed E-state index contributed by atoms with van der Waals surface area (Å²) in [6, 6.07) is 0. The van der Waals surface area contributed by atoms with Crippen molar-refractivity contribution >= 4 is 0 Å². The van der Waals surface area contributed by atoms with Crippen LogP contribution in [-0.4, -0.2) is 44.3 Å². The van der Waals surface area contributed by atoms with Crippen LogP contribution in [0.4, 0.5) is 0 Å². The van der Waals surface area contributed by atoms with Crippen LogP contribution in [0.25, 0.3) is 0 Å². The molecule has 3 unspecified atom stereocenters. The lowest BCUT2D eigenvalue weighted by Crippen LogP contribution is -2.58. The summed E-state index contributed by atoms with van der Waals surface area (Å²) in [5.74, 6) is 2.51. The van der Waals surface area contributed by atoms with Crippen LogP contribution in [0.1, 0.15) is 52.4 Å². The second kappa shape index (κ2) is 5.33. The second-order valence-corrected chi connectivity index (χ2v) is 9.44. The molecule has 4 rings (SSSR count). The quantitative estimate of drug-likeness (QED) is 0.397. The van der Waals surface area contributed by atoms with Crippen molar-refractivity contribution in [2.75, 3.05) is 0 Å². The SMILES string of the molecule is C#C[C@]1(O)C[C@H](O)C2C3C(CC[C@@]21C)[C@@]1(C)CC[C@H](O)CC1=C[C@H]3O. The van der Waals surface area contributed by atoms with Gasteiger partial charge in [0.15, 0.2) is 0 Å². The number of aliphatic hydroxyl groups excluding tert-OH is 3. The molecule has 0 aromatic carbocycles. The van der Waals surface area contributed by atoms with Gasteiger partial charge in [0.25, 0.3) is 0 Å². The highest BCUT2D eigenvalue weighted by atomic mass is 16.3. The van der Waals surface area contributed by atoms with Gasteiger partial charge >= 0.3 is 0 Å². The molecule has 4 heteroatoms. The molecule has 0 heterocycles. The summed E-state index contributed by atoms with van der Waals surface area (Å²) in [4.78, 5) is 0. The minimum absolute atomic E-state index is 0.0406. The molecule has 0 saturated heterocycles. The minimum Gasteiger partial charge on any atom is -0.393 e. The zero-order valence-corrected chi connectivity index (χ0v) is 15.2. The number of fused-ring (bicyclic) bond motifs is 5. The zero-order valence-electron chi connectivity index (χ0n) is 15.2. The van der Waals surface area contributed by atoms with Crippen LogP contribution in [0.5, 0.6) is 0 Å². The number of hydrogen-bond acceptors (Lipinski definition) is 4. The summed E-state index contributed by atoms with van der Waals surface area (Å²) in [6.45, 7) is 4.24. The maximum atomic E-state index is 11.0. The molecule has 0 amide bonds. The van der Waals surface area contributed by atoms with Gasteiger partial charge in [0, 0.05) is 11.8 Å². The molecule has 4 aliphatic rings. The Morgan fingerprint density at radius 1 is 1.16 bits per heavy atom. The molecule has 4 aliphatic carbocycles. The van der Waals surface area contributed by atoms with E-state index in [2.05, 4.69) is 12.8 Å². The fourth-order valence-electron chi connectivity index (χ4n) is 6.95. The molecule has 25 heavy (non-hydrogen) atoms. The van der Waals surface area contributed by atoms with Gasteiger partial charge in [-0.25, -0.2) is 0 Å². The van der Waals surface area contributed by atoms with Crippen molar-refractivity contribution < 1.29 is 20.4 Å². The molecule has 4 N–H and O–H groups in total. The van der Waals surface area contributed by atoms with Crippen molar-refractivity contribution in [2.24, 2.45) is 28.6 Å². The summed E-state index contributed by atoms with van der Waals surface area (Å²) >= 11 is 0. The number of hydrogen-bond donors (Lipinski definition) is 4. The first-order chi connectivity index (χ1) is 11.7. The predicted molar refractivity (Wildman–Crippen MR) is 94.3 cm³/mol. The highest BCUT2D eigenvalue weighted by Gasteiger charge is 2.67. The molecule has 4 nitrogen and oxygen atoms in total. The number of aliphatic hydroxyl groups is 4. The van der Waals surface area contributed by atoms with Crippen molar-refractivity contribution in [1.29, 1.82) is 0 Å². The van der Waals surface area contributed by atoms with Gasteiger partial charge in [-0.1, -0.05) is 31.4 Å². The van der Waals surface area contributed by atoms with Crippen molar-refractivity contribution in [3.8, 4) is 12.3 Å². The Morgan fingerprint density at radius 3 is 2.56 bits per heavy atom. The van der Waals surface area contributed by atoms with E-state index in [9.17, 15) is 20.4 Å². The fraction of sp³-hybridized carbons (Fsp3) is 0.810. The van der Waals surface area contributed by atoms with E-state index in [4.69, 9.17) is 6.42 Å². The lowest BCUT2D eigenvalue weighted by atomic mass is 9.46. The Kier molecular flexibility index (Phi) is 3.74. The molecule has 0 aromatic heterocycles. The molecular formula is C21H30O4. The van der Waals surface area contributed by atoms with Crippen molar-refractivity contribution in [2.45, 2.75) is 76.3 Å². The molecule has 3 fully saturated rings. The van der Waals surface area contributed by atoms with Crippen molar-refractivity contribution in [3.05, 3.63) is 11.6 Å². The van der Waals surface area contributed by atoms with Crippen LogP contribution in [0.2, 0.25) is 0 Å². The van der Waals surface area contributed by atoms with Gasteiger partial charge in [-0.05, 0) is 55.3 Å². The molecule has 0 aromatic rings. The van der Waals surface area contributed by atoms with Gasteiger partial charge in [0.2, 0.25) is 0 Å². The predicted octanol–water partition coefficient (Wildman–Crippen LogP) is 1.62. The van der Waals surface area contributed by atoms with Gasteiger partial charge in [0.05, 0.1) is 18.3 Å². The summed E-state index contributed by atoms with van der Waals surface area (Å²) in [5, 5.41) is 42.8. The van der Waals surface area contributed by atoms with Gasteiger partial charge < -0.3 is 20.4 Å². The van der Waals surface area contributed by atoms with Crippen LogP contribution in [0.3, 0.4) is 0 Å². The third-order valence-electron chi connectivity index (χ3n) is 8.46. The van der Waals surface area contributed by atoms with Crippen molar-refractivity contribution in [3.63, 3.8) is 0 Å². The third-order valence-corrected chi connectivity index (χ3v) is 8.46. The van der Waals surface area contributed by atoms with E-state index >= 15 is 0 Å². The van der Waals surface area contributed by atoms with Crippen LogP contribution >= 0.6 is 0 Å². The van der Waals surface area contributed by atoms with E-state index in [1.54, 1.807) is 0 Å². The number of rotatable bonds is 0. The first-order valence-electron chi connectivity index (χ1n) is 9.62. The average molecular weight is 346 g/mol. The highest BCUT2D eigenvalue weighted by Crippen LogP contribution is 2.66. The van der Waals surface area contributed by atoms with Crippen LogP contribution in [0, 0.1) is 40.9 Å². The summed E-state index contributed by atoms with van der Waals surface area (Å²) in [5.41, 5.74) is -0.751. The minimum atomic E-state index is -1.31. The highest BCUT2D eigenvalue weighted by molar-refractivity contribution is 5.31. The monoisotopic (exact) mass is 346 g/mol. The van der Waals surface area contributed by atoms with E-state index < -0.39 is 23.2 Å². The van der Waals surface area contributed by atoms with Gasteiger partial charge in [-0.15, -0.1) is 6.42 Å². The smallest absolute Gasteiger partial charge is 0.133 e. The largest absolute Gasteiger partial charge is 0.393 e. The van der Waals surface area contributed by atoms with Crippen LogP contribution < -0.4 is 0 Å². The van der Waals surface area contributed by atoms with Gasteiger partial charge in [-0.3, -0.25) is 0 Å². The zero-order chi connectivity index (χ0) is 18.2. The van der Waals surface area contributed by atoms with E-state index in [0.717, 1.165) is 25.7 Å². The van der Waals surface area contributed by atoms with E-state index in [1.807, 2.05) is 13.0 Å². The summed E-state index contributed by atoms with van der Waals surface area (Å²) in [7, 11) is 0. The van der Waals surface area contributed by atoms with E-state index in [0.29, 0.717) is 6.42 Å². The summed E-state index contributed by atoms with van der Waals surface area (Å²) in [6.07, 6.45) is 10.1. The van der Waals surface area contributed by atoms with Crippen LogP contribution in [-0.2, 0) is 0 Å². The molecule has 9 atom stereocenters. The normalized spacial score (nSPS) is 57.7. The van der Waals surface area contributed by atoms with Crippen LogP contribution in [0.15, 0.2) is 11.6 Å². The maximum absolute atomic E-state index is 11.0. The molecule has 138 valence electrons. The van der Waals surface area contributed by atoms with Gasteiger partial charge in [-0.2, -0.15) is 0 Å². The lowest BCUT2D eigenvalue weighted by molar-refractivity contribution is -0.136. The Bertz CT molecular complexity index is 651. The van der Waals surface area contributed by atoms with E-state index in [-0.39, 0.29) is 35.7 Å². The Balaban J connectivity index is 1.78. The molecule has 0 spiro atoms.